The van der Waals surface area contributed by atoms with Crippen LogP contribution in [-0.2, 0) is 4.79 Å². The molecule has 1 aliphatic heterocycles. The Labute approximate surface area is 132 Å². The van der Waals surface area contributed by atoms with Gasteiger partial charge in [-0.05, 0) is 26.3 Å². The zero-order valence-corrected chi connectivity index (χ0v) is 13.7. The van der Waals surface area contributed by atoms with Crippen LogP contribution in [0.2, 0.25) is 0 Å². The minimum Gasteiger partial charge on any atom is -0.334 e. The van der Waals surface area contributed by atoms with Gasteiger partial charge in [0.2, 0.25) is 5.91 Å². The summed E-state index contributed by atoms with van der Waals surface area (Å²) in [5.74, 6) is 0.133. The maximum absolute atomic E-state index is 12.4. The van der Waals surface area contributed by atoms with Crippen LogP contribution in [0, 0.1) is 13.8 Å². The smallest absolute Gasteiger partial charge is 0.237 e. The first kappa shape index (κ1) is 16.5. The molecule has 1 unspecified atom stereocenters. The predicted molar refractivity (Wildman–Crippen MR) is 88.8 cm³/mol. The lowest BCUT2D eigenvalue weighted by Crippen LogP contribution is -2.40. The standard InChI is InChI=1S/C17H26N4O/c1-5-8-20(9-6-2)17(22)13-19-10-7-16(12-19)21-15(4)11-14(3)18-21/h5-6,11,16H,1-2,7-10,12-13H2,3-4H3. The van der Waals surface area contributed by atoms with E-state index in [0.29, 0.717) is 25.7 Å². The summed E-state index contributed by atoms with van der Waals surface area (Å²) < 4.78 is 2.10. The van der Waals surface area contributed by atoms with Crippen molar-refractivity contribution in [3.05, 3.63) is 42.8 Å². The van der Waals surface area contributed by atoms with Crippen molar-refractivity contribution in [2.24, 2.45) is 0 Å². The van der Waals surface area contributed by atoms with Gasteiger partial charge in [-0.1, -0.05) is 12.2 Å². The molecule has 120 valence electrons. The number of nitrogens with zero attached hydrogens (tertiary/aromatic N) is 4. The van der Waals surface area contributed by atoms with Crippen molar-refractivity contribution < 1.29 is 4.79 Å². The quantitative estimate of drug-likeness (QED) is 0.723. The molecule has 0 saturated carbocycles. The number of carbonyl (C=O) groups is 1. The van der Waals surface area contributed by atoms with E-state index in [2.05, 4.69) is 40.8 Å². The second-order valence-electron chi connectivity index (χ2n) is 5.93. The van der Waals surface area contributed by atoms with E-state index in [1.165, 1.54) is 5.69 Å². The van der Waals surface area contributed by atoms with E-state index in [-0.39, 0.29) is 5.91 Å². The third-order valence-electron chi connectivity index (χ3n) is 4.05. The van der Waals surface area contributed by atoms with E-state index in [1.807, 2.05) is 6.92 Å². The van der Waals surface area contributed by atoms with E-state index >= 15 is 0 Å². The fraction of sp³-hybridized carbons (Fsp3) is 0.529. The fourth-order valence-corrected chi connectivity index (χ4v) is 3.05. The Morgan fingerprint density at radius 2 is 2.09 bits per heavy atom. The normalized spacial score (nSPS) is 18.4. The first-order valence-corrected chi connectivity index (χ1v) is 7.79. The number of amides is 1. The Morgan fingerprint density at radius 3 is 2.64 bits per heavy atom. The van der Waals surface area contributed by atoms with E-state index in [4.69, 9.17) is 0 Å². The highest BCUT2D eigenvalue weighted by Crippen LogP contribution is 2.22. The molecular weight excluding hydrogens is 276 g/mol. The lowest BCUT2D eigenvalue weighted by Gasteiger charge is -2.23. The first-order chi connectivity index (χ1) is 10.5. The molecule has 1 aliphatic rings. The molecule has 1 atom stereocenters. The van der Waals surface area contributed by atoms with Crippen molar-refractivity contribution in [3.63, 3.8) is 0 Å². The number of aryl methyl sites for hydroxylation is 2. The van der Waals surface area contributed by atoms with Crippen LogP contribution in [-0.4, -0.2) is 58.2 Å². The van der Waals surface area contributed by atoms with Crippen LogP contribution in [0.25, 0.3) is 0 Å². The molecule has 2 heterocycles. The highest BCUT2D eigenvalue weighted by molar-refractivity contribution is 5.78. The van der Waals surface area contributed by atoms with E-state index < -0.39 is 0 Å². The highest BCUT2D eigenvalue weighted by Gasteiger charge is 2.27. The molecule has 1 aromatic rings. The Morgan fingerprint density at radius 1 is 1.41 bits per heavy atom. The van der Waals surface area contributed by atoms with Crippen molar-refractivity contribution >= 4 is 5.91 Å². The molecule has 2 rings (SSSR count). The Hall–Kier alpha value is -1.88. The van der Waals surface area contributed by atoms with Gasteiger partial charge in [0.25, 0.3) is 0 Å². The van der Waals surface area contributed by atoms with Crippen molar-refractivity contribution in [2.75, 3.05) is 32.7 Å². The van der Waals surface area contributed by atoms with Gasteiger partial charge in [-0.3, -0.25) is 14.4 Å². The van der Waals surface area contributed by atoms with Gasteiger partial charge < -0.3 is 4.90 Å². The van der Waals surface area contributed by atoms with Crippen LogP contribution in [0.15, 0.2) is 31.4 Å². The molecule has 1 amide bonds. The zero-order chi connectivity index (χ0) is 16.1. The summed E-state index contributed by atoms with van der Waals surface area (Å²) >= 11 is 0. The molecule has 0 aromatic carbocycles. The van der Waals surface area contributed by atoms with Crippen LogP contribution in [0.1, 0.15) is 23.9 Å². The predicted octanol–water partition coefficient (Wildman–Crippen LogP) is 1.95. The summed E-state index contributed by atoms with van der Waals surface area (Å²) in [6, 6.07) is 2.47. The number of hydrogen-bond acceptors (Lipinski definition) is 3. The van der Waals surface area contributed by atoms with Gasteiger partial charge in [-0.2, -0.15) is 5.10 Å². The number of likely N-dealkylation sites (tertiary alicyclic amines) is 1. The van der Waals surface area contributed by atoms with Crippen LogP contribution in [0.3, 0.4) is 0 Å². The van der Waals surface area contributed by atoms with E-state index in [9.17, 15) is 4.79 Å². The number of rotatable bonds is 7. The Balaban J connectivity index is 1.92. The highest BCUT2D eigenvalue weighted by atomic mass is 16.2. The van der Waals surface area contributed by atoms with Gasteiger partial charge in [0, 0.05) is 31.9 Å². The Bertz CT molecular complexity index is 539. The number of carbonyl (C=O) groups excluding carboxylic acids is 1. The molecule has 0 radical (unpaired) electrons. The zero-order valence-electron chi connectivity index (χ0n) is 13.7. The average molecular weight is 302 g/mol. The van der Waals surface area contributed by atoms with Crippen LogP contribution in [0.5, 0.6) is 0 Å². The van der Waals surface area contributed by atoms with Gasteiger partial charge >= 0.3 is 0 Å². The van der Waals surface area contributed by atoms with Gasteiger partial charge in [0.05, 0.1) is 18.3 Å². The van der Waals surface area contributed by atoms with Gasteiger partial charge in [-0.25, -0.2) is 0 Å². The van der Waals surface area contributed by atoms with Crippen molar-refractivity contribution in [1.82, 2.24) is 19.6 Å². The molecule has 0 aliphatic carbocycles. The second kappa shape index (κ2) is 7.40. The summed E-state index contributed by atoms with van der Waals surface area (Å²) in [5, 5.41) is 4.57. The monoisotopic (exact) mass is 302 g/mol. The maximum atomic E-state index is 12.4. The maximum Gasteiger partial charge on any atom is 0.237 e. The molecule has 0 bridgehead atoms. The van der Waals surface area contributed by atoms with E-state index in [0.717, 1.165) is 25.2 Å². The lowest BCUT2D eigenvalue weighted by molar-refractivity contribution is -0.131. The second-order valence-corrected chi connectivity index (χ2v) is 5.93. The molecule has 5 nitrogen and oxygen atoms in total. The largest absolute Gasteiger partial charge is 0.334 e. The Kier molecular flexibility index (Phi) is 5.55. The average Bonchev–Trinajstić information content (AvgIpc) is 3.05. The van der Waals surface area contributed by atoms with Crippen molar-refractivity contribution in [1.29, 1.82) is 0 Å². The van der Waals surface area contributed by atoms with Crippen LogP contribution < -0.4 is 0 Å². The minimum absolute atomic E-state index is 0.133. The van der Waals surface area contributed by atoms with Crippen molar-refractivity contribution in [2.45, 2.75) is 26.3 Å². The van der Waals surface area contributed by atoms with Gasteiger partial charge in [0.1, 0.15) is 0 Å². The van der Waals surface area contributed by atoms with Crippen LogP contribution >= 0.6 is 0 Å². The number of hydrogen-bond donors (Lipinski definition) is 0. The molecule has 1 fully saturated rings. The number of aromatic nitrogens is 2. The molecule has 0 spiro atoms. The van der Waals surface area contributed by atoms with Gasteiger partial charge in [0.15, 0.2) is 0 Å². The van der Waals surface area contributed by atoms with Crippen LogP contribution in [0.4, 0.5) is 0 Å². The topological polar surface area (TPSA) is 41.4 Å². The molecule has 1 aromatic heterocycles. The first-order valence-electron chi connectivity index (χ1n) is 7.79. The third kappa shape index (κ3) is 3.85. The summed E-state index contributed by atoms with van der Waals surface area (Å²) in [7, 11) is 0. The molecule has 1 saturated heterocycles. The summed E-state index contributed by atoms with van der Waals surface area (Å²) in [6.45, 7) is 14.9. The minimum atomic E-state index is 0.133. The summed E-state index contributed by atoms with van der Waals surface area (Å²) in [4.78, 5) is 16.3. The summed E-state index contributed by atoms with van der Waals surface area (Å²) in [5.41, 5.74) is 2.24. The lowest BCUT2D eigenvalue weighted by atomic mass is 10.2. The molecular formula is C17H26N4O. The molecule has 22 heavy (non-hydrogen) atoms. The van der Waals surface area contributed by atoms with Crippen molar-refractivity contribution in [3.8, 4) is 0 Å². The van der Waals surface area contributed by atoms with E-state index in [1.54, 1.807) is 17.1 Å². The molecule has 0 N–H and O–H groups in total. The SMILES string of the molecule is C=CCN(CC=C)C(=O)CN1CCC(n2nc(C)cc2C)C1. The summed E-state index contributed by atoms with van der Waals surface area (Å²) in [6.07, 6.45) is 4.55. The molecule has 5 heteroatoms. The third-order valence-corrected chi connectivity index (χ3v) is 4.05. The van der Waals surface area contributed by atoms with Gasteiger partial charge in [-0.15, -0.1) is 13.2 Å². The fourth-order valence-electron chi connectivity index (χ4n) is 3.05.